The molecule has 0 aromatic carbocycles. The maximum Gasteiger partial charge on any atom is 0.00618 e. The van der Waals surface area contributed by atoms with Gasteiger partial charge in [0.2, 0.25) is 0 Å². The third kappa shape index (κ3) is 6.11. The van der Waals surface area contributed by atoms with Gasteiger partial charge in [-0.15, -0.1) is 0 Å². The van der Waals surface area contributed by atoms with Gasteiger partial charge in [0.15, 0.2) is 0 Å². The van der Waals surface area contributed by atoms with Crippen LogP contribution in [-0.4, -0.2) is 12.6 Å². The number of hydrogen-bond donors (Lipinski definition) is 1. The molecule has 1 N–H and O–H groups in total. The minimum atomic E-state index is 0.639. The minimum Gasteiger partial charge on any atom is -0.314 e. The van der Waals surface area contributed by atoms with Crippen LogP contribution in [0.3, 0.4) is 0 Å². The maximum absolute atomic E-state index is 3.47. The van der Waals surface area contributed by atoms with E-state index >= 15 is 0 Å². The Hall–Kier alpha value is -0.300. The van der Waals surface area contributed by atoms with E-state index in [-0.39, 0.29) is 0 Å². The van der Waals surface area contributed by atoms with E-state index < -0.39 is 0 Å². The summed E-state index contributed by atoms with van der Waals surface area (Å²) >= 11 is 0. The zero-order chi connectivity index (χ0) is 8.69. The molecule has 66 valence electrons. The summed E-state index contributed by atoms with van der Waals surface area (Å²) < 4.78 is 0. The molecule has 0 heterocycles. The second kappa shape index (κ2) is 6.41. The molecule has 0 saturated carbocycles. The van der Waals surface area contributed by atoms with Gasteiger partial charge in [-0.1, -0.05) is 26.0 Å². The van der Waals surface area contributed by atoms with E-state index in [2.05, 4.69) is 45.2 Å². The van der Waals surface area contributed by atoms with Gasteiger partial charge in [0.1, 0.15) is 0 Å². The Morgan fingerprint density at radius 2 is 1.91 bits per heavy atom. The van der Waals surface area contributed by atoms with Crippen molar-refractivity contribution in [2.75, 3.05) is 6.54 Å². The van der Waals surface area contributed by atoms with Crippen molar-refractivity contribution in [2.45, 2.75) is 40.2 Å². The van der Waals surface area contributed by atoms with Crippen LogP contribution in [0.25, 0.3) is 0 Å². The van der Waals surface area contributed by atoms with Crippen LogP contribution in [0.5, 0.6) is 0 Å². The molecular weight excluding hydrogens is 134 g/mol. The summed E-state index contributed by atoms with van der Waals surface area (Å²) in [5.74, 6) is 0.737. The normalized spacial score (nSPS) is 14.6. The van der Waals surface area contributed by atoms with Crippen LogP contribution in [0, 0.1) is 5.92 Å². The van der Waals surface area contributed by atoms with E-state index in [9.17, 15) is 0 Å². The summed E-state index contributed by atoms with van der Waals surface area (Å²) in [5, 5.41) is 3.47. The van der Waals surface area contributed by atoms with Gasteiger partial charge in [0, 0.05) is 6.04 Å². The smallest absolute Gasteiger partial charge is 0.00618 e. The van der Waals surface area contributed by atoms with E-state index in [0.29, 0.717) is 6.04 Å². The molecule has 1 atom stereocenters. The van der Waals surface area contributed by atoms with Gasteiger partial charge in [-0.25, -0.2) is 0 Å². The molecule has 1 heteroatoms. The van der Waals surface area contributed by atoms with Crippen LogP contribution in [0.15, 0.2) is 12.2 Å². The second-order valence-corrected chi connectivity index (χ2v) is 3.34. The average Bonchev–Trinajstić information content (AvgIpc) is 1.97. The summed E-state index contributed by atoms with van der Waals surface area (Å²) in [7, 11) is 0. The minimum absolute atomic E-state index is 0.639. The standard InChI is InChI=1S/C10H21N/c1-5-6-7-8-11-10(4)9(2)3/h5-6,9-11H,7-8H2,1-4H3/b6-5+. The first kappa shape index (κ1) is 10.7. The molecule has 1 unspecified atom stereocenters. The average molecular weight is 155 g/mol. The van der Waals surface area contributed by atoms with Crippen LogP contribution < -0.4 is 5.32 Å². The Morgan fingerprint density at radius 3 is 2.36 bits per heavy atom. The lowest BCUT2D eigenvalue weighted by Gasteiger charge is -2.16. The van der Waals surface area contributed by atoms with Crippen molar-refractivity contribution in [3.63, 3.8) is 0 Å². The molecule has 0 spiro atoms. The van der Waals surface area contributed by atoms with Crippen LogP contribution in [0.2, 0.25) is 0 Å². The van der Waals surface area contributed by atoms with Crippen LogP contribution in [-0.2, 0) is 0 Å². The van der Waals surface area contributed by atoms with E-state index in [0.717, 1.165) is 18.9 Å². The van der Waals surface area contributed by atoms with Crippen LogP contribution in [0.1, 0.15) is 34.1 Å². The Morgan fingerprint density at radius 1 is 1.27 bits per heavy atom. The maximum atomic E-state index is 3.47. The number of rotatable bonds is 5. The molecule has 0 aromatic heterocycles. The van der Waals surface area contributed by atoms with Gasteiger partial charge in [-0.2, -0.15) is 0 Å². The highest BCUT2D eigenvalue weighted by Gasteiger charge is 2.03. The fourth-order valence-electron chi connectivity index (χ4n) is 0.797. The summed E-state index contributed by atoms with van der Waals surface area (Å²) in [5.41, 5.74) is 0. The molecule has 0 saturated heterocycles. The highest BCUT2D eigenvalue weighted by Crippen LogP contribution is 1.99. The topological polar surface area (TPSA) is 12.0 Å². The second-order valence-electron chi connectivity index (χ2n) is 3.34. The Kier molecular flexibility index (Phi) is 6.24. The number of allylic oxidation sites excluding steroid dienone is 1. The molecule has 0 rings (SSSR count). The zero-order valence-corrected chi connectivity index (χ0v) is 8.22. The van der Waals surface area contributed by atoms with Crippen molar-refractivity contribution in [1.29, 1.82) is 0 Å². The quantitative estimate of drug-likeness (QED) is 0.475. The molecule has 0 aromatic rings. The SMILES string of the molecule is C/C=C/CCNC(C)C(C)C. The first-order valence-electron chi connectivity index (χ1n) is 4.53. The molecule has 1 nitrogen and oxygen atoms in total. The zero-order valence-electron chi connectivity index (χ0n) is 8.22. The largest absolute Gasteiger partial charge is 0.314 e. The lowest BCUT2D eigenvalue weighted by Crippen LogP contribution is -2.31. The van der Waals surface area contributed by atoms with E-state index in [4.69, 9.17) is 0 Å². The molecule has 0 amide bonds. The van der Waals surface area contributed by atoms with Gasteiger partial charge in [0.25, 0.3) is 0 Å². The van der Waals surface area contributed by atoms with Crippen molar-refractivity contribution < 1.29 is 0 Å². The van der Waals surface area contributed by atoms with Crippen molar-refractivity contribution in [3.05, 3.63) is 12.2 Å². The van der Waals surface area contributed by atoms with Crippen molar-refractivity contribution >= 4 is 0 Å². The molecule has 11 heavy (non-hydrogen) atoms. The number of hydrogen-bond acceptors (Lipinski definition) is 1. The van der Waals surface area contributed by atoms with E-state index in [1.54, 1.807) is 0 Å². The van der Waals surface area contributed by atoms with Gasteiger partial charge in [-0.05, 0) is 32.7 Å². The summed E-state index contributed by atoms with van der Waals surface area (Å²) in [6.45, 7) is 9.89. The van der Waals surface area contributed by atoms with Gasteiger partial charge >= 0.3 is 0 Å². The molecule has 0 aliphatic rings. The Labute approximate surface area is 70.9 Å². The fourth-order valence-corrected chi connectivity index (χ4v) is 0.797. The molecular formula is C10H21N. The number of nitrogens with one attached hydrogen (secondary N) is 1. The van der Waals surface area contributed by atoms with Crippen molar-refractivity contribution in [1.82, 2.24) is 5.32 Å². The van der Waals surface area contributed by atoms with Crippen LogP contribution in [0.4, 0.5) is 0 Å². The molecule has 0 fully saturated rings. The van der Waals surface area contributed by atoms with Crippen LogP contribution >= 0.6 is 0 Å². The van der Waals surface area contributed by atoms with Crippen molar-refractivity contribution in [2.24, 2.45) is 5.92 Å². The molecule has 0 radical (unpaired) electrons. The fraction of sp³-hybridized carbons (Fsp3) is 0.800. The lowest BCUT2D eigenvalue weighted by atomic mass is 10.1. The molecule has 0 bridgehead atoms. The Balaban J connectivity index is 3.24. The van der Waals surface area contributed by atoms with E-state index in [1.165, 1.54) is 0 Å². The third-order valence-electron chi connectivity index (χ3n) is 2.01. The van der Waals surface area contributed by atoms with E-state index in [1.807, 2.05) is 0 Å². The molecule has 0 aliphatic heterocycles. The van der Waals surface area contributed by atoms with Gasteiger partial charge < -0.3 is 5.32 Å². The first-order valence-corrected chi connectivity index (χ1v) is 4.53. The lowest BCUT2D eigenvalue weighted by molar-refractivity contribution is 0.431. The van der Waals surface area contributed by atoms with Gasteiger partial charge in [-0.3, -0.25) is 0 Å². The Bertz CT molecular complexity index is 105. The first-order chi connectivity index (χ1) is 5.18. The predicted octanol–water partition coefficient (Wildman–Crippen LogP) is 2.59. The highest BCUT2D eigenvalue weighted by molar-refractivity contribution is 4.78. The third-order valence-corrected chi connectivity index (χ3v) is 2.01. The van der Waals surface area contributed by atoms with Gasteiger partial charge in [0.05, 0.1) is 0 Å². The summed E-state index contributed by atoms with van der Waals surface area (Å²) in [6, 6.07) is 0.639. The van der Waals surface area contributed by atoms with Crippen molar-refractivity contribution in [3.8, 4) is 0 Å². The predicted molar refractivity (Wildman–Crippen MR) is 51.7 cm³/mol. The highest BCUT2D eigenvalue weighted by atomic mass is 14.9. The summed E-state index contributed by atoms with van der Waals surface area (Å²) in [6.07, 6.45) is 5.44. The monoisotopic (exact) mass is 155 g/mol. The summed E-state index contributed by atoms with van der Waals surface area (Å²) in [4.78, 5) is 0. The molecule has 0 aliphatic carbocycles.